The monoisotopic (exact) mass is 225 g/mol. The van der Waals surface area contributed by atoms with Gasteiger partial charge in [-0.05, 0) is 12.1 Å². The second kappa shape index (κ2) is 7.17. The minimum Gasteiger partial charge on any atom is -0.493 e. The zero-order valence-electron chi connectivity index (χ0n) is 8.73. The van der Waals surface area contributed by atoms with Crippen molar-refractivity contribution in [2.24, 2.45) is 0 Å². The summed E-state index contributed by atoms with van der Waals surface area (Å²) in [6, 6.07) is 9.67. The lowest BCUT2D eigenvalue weighted by Crippen LogP contribution is -2.20. The molecule has 0 spiro atoms. The summed E-state index contributed by atoms with van der Waals surface area (Å²) in [5, 5.41) is 2.57. The van der Waals surface area contributed by atoms with Gasteiger partial charge in [-0.3, -0.25) is 4.79 Å². The molecule has 0 aliphatic rings. The normalized spacial score (nSPS) is 9.67. The lowest BCUT2D eigenvalue weighted by atomic mass is 10.3. The van der Waals surface area contributed by atoms with Crippen molar-refractivity contribution in [3.8, 4) is 5.75 Å². The molecule has 0 aliphatic heterocycles. The van der Waals surface area contributed by atoms with E-state index >= 15 is 0 Å². The maximum absolute atomic E-state index is 10.9. The first kappa shape index (κ1) is 11.9. The molecule has 0 fully saturated rings. The minimum absolute atomic E-state index is 0.0553. The minimum atomic E-state index is 0.0553. The van der Waals surface area contributed by atoms with Crippen LogP contribution in [-0.2, 0) is 4.79 Å². The van der Waals surface area contributed by atoms with Gasteiger partial charge >= 0.3 is 0 Å². The molecule has 15 heavy (non-hydrogen) atoms. The number of rotatable bonds is 6. The van der Waals surface area contributed by atoms with E-state index in [4.69, 9.17) is 4.74 Å². The third kappa shape index (κ3) is 5.32. The third-order valence-corrected chi connectivity index (χ3v) is 2.67. The molecule has 1 amide bonds. The van der Waals surface area contributed by atoms with Gasteiger partial charge in [0.1, 0.15) is 5.75 Å². The van der Waals surface area contributed by atoms with Crippen LogP contribution in [0.5, 0.6) is 5.75 Å². The van der Waals surface area contributed by atoms with Gasteiger partial charge in [0.25, 0.3) is 0 Å². The maximum Gasteiger partial charge on any atom is 0.229 e. The van der Waals surface area contributed by atoms with Crippen LogP contribution in [0.25, 0.3) is 0 Å². The highest BCUT2D eigenvalue weighted by atomic mass is 32.2. The summed E-state index contributed by atoms with van der Waals surface area (Å²) in [5.74, 6) is 2.24. The van der Waals surface area contributed by atoms with Crippen molar-refractivity contribution < 1.29 is 9.53 Å². The highest BCUT2D eigenvalue weighted by Crippen LogP contribution is 2.09. The Morgan fingerprint density at radius 1 is 1.40 bits per heavy atom. The van der Waals surface area contributed by atoms with Crippen molar-refractivity contribution in [1.82, 2.24) is 5.32 Å². The summed E-state index contributed by atoms with van der Waals surface area (Å²) < 4.78 is 5.47. The highest BCUT2D eigenvalue weighted by Gasteiger charge is 1.97. The molecular formula is C11H15NO2S. The molecule has 3 nitrogen and oxygen atoms in total. The topological polar surface area (TPSA) is 38.3 Å². The number of benzene rings is 1. The predicted molar refractivity (Wildman–Crippen MR) is 63.3 cm³/mol. The zero-order valence-corrected chi connectivity index (χ0v) is 9.55. The molecule has 0 unspecified atom stereocenters. The molecule has 82 valence electrons. The van der Waals surface area contributed by atoms with Gasteiger partial charge in [-0.1, -0.05) is 18.2 Å². The number of carbonyl (C=O) groups excluding carboxylic acids is 1. The van der Waals surface area contributed by atoms with Gasteiger partial charge in [0.15, 0.2) is 0 Å². The van der Waals surface area contributed by atoms with E-state index in [1.54, 1.807) is 18.8 Å². The van der Waals surface area contributed by atoms with E-state index in [0.717, 1.165) is 11.5 Å². The number of thioether (sulfide) groups is 1. The summed E-state index contributed by atoms with van der Waals surface area (Å²) in [5.41, 5.74) is 0. The molecule has 0 heterocycles. The summed E-state index contributed by atoms with van der Waals surface area (Å²) in [6.07, 6.45) is 0. The lowest BCUT2D eigenvalue weighted by molar-refractivity contribution is -0.118. The van der Waals surface area contributed by atoms with Gasteiger partial charge in [-0.2, -0.15) is 0 Å². The fourth-order valence-electron chi connectivity index (χ4n) is 0.972. The lowest BCUT2D eigenvalue weighted by Gasteiger charge is -2.05. The smallest absolute Gasteiger partial charge is 0.229 e. The molecule has 4 heteroatoms. The maximum atomic E-state index is 10.9. The molecular weight excluding hydrogens is 210 g/mol. The number of ether oxygens (including phenoxy) is 1. The van der Waals surface area contributed by atoms with Gasteiger partial charge in [0.05, 0.1) is 12.4 Å². The largest absolute Gasteiger partial charge is 0.493 e. The molecule has 0 bridgehead atoms. The van der Waals surface area contributed by atoms with Crippen LogP contribution in [0.2, 0.25) is 0 Å². The van der Waals surface area contributed by atoms with Crippen LogP contribution in [0.4, 0.5) is 0 Å². The third-order valence-electron chi connectivity index (χ3n) is 1.75. The summed E-state index contributed by atoms with van der Waals surface area (Å²) >= 11 is 1.57. The highest BCUT2D eigenvalue weighted by molar-refractivity contribution is 7.99. The molecule has 0 radical (unpaired) electrons. The van der Waals surface area contributed by atoms with E-state index in [1.165, 1.54) is 0 Å². The second-order valence-corrected chi connectivity index (χ2v) is 3.99. The summed E-state index contributed by atoms with van der Waals surface area (Å²) in [7, 11) is 1.64. The average molecular weight is 225 g/mol. The van der Waals surface area contributed by atoms with Crippen molar-refractivity contribution >= 4 is 17.7 Å². The molecule has 0 saturated heterocycles. The fraction of sp³-hybridized carbons (Fsp3) is 0.364. The molecule has 1 rings (SSSR count). The quantitative estimate of drug-likeness (QED) is 0.746. The Morgan fingerprint density at radius 2 is 2.13 bits per heavy atom. The second-order valence-electron chi connectivity index (χ2n) is 2.89. The first-order valence-corrected chi connectivity index (χ1v) is 5.94. The molecule has 1 N–H and O–H groups in total. The van der Waals surface area contributed by atoms with Gasteiger partial charge in [0, 0.05) is 12.8 Å². The van der Waals surface area contributed by atoms with Gasteiger partial charge < -0.3 is 10.1 Å². The predicted octanol–water partition coefficient (Wildman–Crippen LogP) is 1.54. The van der Waals surface area contributed by atoms with Crippen molar-refractivity contribution in [3.05, 3.63) is 30.3 Å². The Labute approximate surface area is 94.2 Å². The molecule has 0 saturated carbocycles. The van der Waals surface area contributed by atoms with Crippen LogP contribution in [0, 0.1) is 0 Å². The average Bonchev–Trinajstić information content (AvgIpc) is 2.29. The fourth-order valence-corrected chi connectivity index (χ4v) is 1.65. The van der Waals surface area contributed by atoms with Gasteiger partial charge in [-0.25, -0.2) is 0 Å². The van der Waals surface area contributed by atoms with Gasteiger partial charge in [0.2, 0.25) is 5.91 Å². The zero-order chi connectivity index (χ0) is 10.9. The van der Waals surface area contributed by atoms with Crippen LogP contribution >= 0.6 is 11.8 Å². The Bertz CT molecular complexity index is 290. The Kier molecular flexibility index (Phi) is 5.70. The van der Waals surface area contributed by atoms with Crippen LogP contribution in [-0.4, -0.2) is 31.1 Å². The van der Waals surface area contributed by atoms with E-state index in [-0.39, 0.29) is 5.91 Å². The standard InChI is InChI=1S/C11H15NO2S/c1-12-11(13)9-15-8-7-14-10-5-3-2-4-6-10/h2-6H,7-9H2,1H3,(H,12,13). The molecule has 0 aromatic heterocycles. The Balaban J connectivity index is 2.05. The SMILES string of the molecule is CNC(=O)CSCCOc1ccccc1. The van der Waals surface area contributed by atoms with Crippen molar-refractivity contribution in [2.45, 2.75) is 0 Å². The number of hydrogen-bond acceptors (Lipinski definition) is 3. The van der Waals surface area contributed by atoms with Crippen LogP contribution < -0.4 is 10.1 Å². The number of carbonyl (C=O) groups is 1. The molecule has 1 aromatic carbocycles. The number of amides is 1. The first-order chi connectivity index (χ1) is 7.33. The first-order valence-electron chi connectivity index (χ1n) is 4.79. The molecule has 1 aromatic rings. The van der Waals surface area contributed by atoms with Crippen molar-refractivity contribution in [1.29, 1.82) is 0 Å². The van der Waals surface area contributed by atoms with E-state index in [9.17, 15) is 4.79 Å². The van der Waals surface area contributed by atoms with E-state index in [1.807, 2.05) is 30.3 Å². The van der Waals surface area contributed by atoms with Gasteiger partial charge in [-0.15, -0.1) is 11.8 Å². The summed E-state index contributed by atoms with van der Waals surface area (Å²) in [4.78, 5) is 10.9. The summed E-state index contributed by atoms with van der Waals surface area (Å²) in [6.45, 7) is 0.631. The van der Waals surface area contributed by atoms with E-state index in [0.29, 0.717) is 12.4 Å². The number of para-hydroxylation sites is 1. The number of hydrogen-bond donors (Lipinski definition) is 1. The van der Waals surface area contributed by atoms with Crippen LogP contribution in [0.1, 0.15) is 0 Å². The van der Waals surface area contributed by atoms with E-state index in [2.05, 4.69) is 5.32 Å². The molecule has 0 aliphatic carbocycles. The van der Waals surface area contributed by atoms with Crippen molar-refractivity contribution in [3.63, 3.8) is 0 Å². The van der Waals surface area contributed by atoms with Crippen LogP contribution in [0.3, 0.4) is 0 Å². The van der Waals surface area contributed by atoms with Crippen molar-refractivity contribution in [2.75, 3.05) is 25.2 Å². The Hall–Kier alpha value is -1.16. The van der Waals surface area contributed by atoms with Crippen LogP contribution in [0.15, 0.2) is 30.3 Å². The molecule has 0 atom stereocenters. The van der Waals surface area contributed by atoms with E-state index < -0.39 is 0 Å². The number of nitrogens with one attached hydrogen (secondary N) is 1. The Morgan fingerprint density at radius 3 is 2.80 bits per heavy atom.